The van der Waals surface area contributed by atoms with Crippen molar-refractivity contribution in [1.82, 2.24) is 4.98 Å². The third kappa shape index (κ3) is 3.13. The maximum absolute atomic E-state index is 11.3. The van der Waals surface area contributed by atoms with Gasteiger partial charge in [-0.05, 0) is 18.6 Å². The lowest BCUT2D eigenvalue weighted by molar-refractivity contribution is -0.382. The summed E-state index contributed by atoms with van der Waals surface area (Å²) >= 11 is 1.38. The molecule has 0 spiro atoms. The number of nitrogens with zero attached hydrogens (tertiary/aromatic N) is 2. The fourth-order valence-corrected chi connectivity index (χ4v) is 2.95. The molecule has 0 bridgehead atoms. The van der Waals surface area contributed by atoms with Crippen LogP contribution in [-0.2, 0) is 10.8 Å². The minimum absolute atomic E-state index is 0.00836. The van der Waals surface area contributed by atoms with E-state index in [2.05, 4.69) is 10.3 Å². The van der Waals surface area contributed by atoms with Gasteiger partial charge in [0.05, 0.1) is 15.1 Å². The molecule has 6 nitrogen and oxygen atoms in total. The molecular weight excluding hydrogens is 298 g/mol. The molecule has 0 aliphatic heterocycles. The van der Waals surface area contributed by atoms with Gasteiger partial charge in [0.1, 0.15) is 5.69 Å². The summed E-state index contributed by atoms with van der Waals surface area (Å²) in [4.78, 5) is 14.9. The lowest BCUT2D eigenvalue weighted by Crippen LogP contribution is -2.15. The number of thiazole rings is 1. The molecule has 2 rings (SSSR count). The van der Waals surface area contributed by atoms with Crippen LogP contribution in [0.4, 0.5) is 11.4 Å². The van der Waals surface area contributed by atoms with Crippen LogP contribution in [0.2, 0.25) is 0 Å². The number of rotatable bonds is 6. The first-order valence-corrected chi connectivity index (χ1v) is 8.57. The van der Waals surface area contributed by atoms with Gasteiger partial charge in [-0.3, -0.25) is 14.3 Å². The van der Waals surface area contributed by atoms with Gasteiger partial charge in [0, 0.05) is 28.9 Å². The van der Waals surface area contributed by atoms with E-state index in [4.69, 9.17) is 0 Å². The summed E-state index contributed by atoms with van der Waals surface area (Å²) in [5.74, 6) is 0. The molecule has 1 N–H and O–H groups in total. The molecule has 0 radical (unpaired) electrons. The Labute approximate surface area is 122 Å². The van der Waals surface area contributed by atoms with Gasteiger partial charge in [0.15, 0.2) is 5.52 Å². The molecular formula is C12H15N3O3S2. The number of nitro benzene ring substituents is 1. The number of benzene rings is 1. The van der Waals surface area contributed by atoms with Gasteiger partial charge in [0.25, 0.3) is 0 Å². The molecule has 2 atom stereocenters. The average molecular weight is 313 g/mol. The quantitative estimate of drug-likeness (QED) is 0.654. The highest BCUT2D eigenvalue weighted by Gasteiger charge is 2.20. The number of aromatic nitrogens is 1. The Bertz CT molecular complexity index is 656. The van der Waals surface area contributed by atoms with E-state index in [1.165, 1.54) is 11.3 Å². The van der Waals surface area contributed by atoms with Crippen molar-refractivity contribution in [1.29, 1.82) is 0 Å². The largest absolute Gasteiger partial charge is 0.379 e. The third-order valence-corrected chi connectivity index (χ3v) is 5.25. The summed E-state index contributed by atoms with van der Waals surface area (Å²) in [6.07, 6.45) is 2.35. The van der Waals surface area contributed by atoms with Crippen LogP contribution in [0.15, 0.2) is 17.6 Å². The molecule has 2 aromatic rings. The molecule has 20 heavy (non-hydrogen) atoms. The van der Waals surface area contributed by atoms with E-state index >= 15 is 0 Å². The van der Waals surface area contributed by atoms with Crippen molar-refractivity contribution < 1.29 is 9.13 Å². The van der Waals surface area contributed by atoms with Crippen LogP contribution in [0, 0.1) is 10.1 Å². The first kappa shape index (κ1) is 14.9. The summed E-state index contributed by atoms with van der Waals surface area (Å²) < 4.78 is 12.1. The number of fused-ring (bicyclic) bond motifs is 1. The van der Waals surface area contributed by atoms with Crippen LogP contribution in [-0.4, -0.2) is 32.2 Å². The van der Waals surface area contributed by atoms with E-state index in [1.54, 1.807) is 17.8 Å². The Kier molecular flexibility index (Phi) is 4.66. The van der Waals surface area contributed by atoms with Crippen LogP contribution in [0.1, 0.15) is 13.3 Å². The molecule has 0 saturated carbocycles. The zero-order valence-electron chi connectivity index (χ0n) is 11.2. The van der Waals surface area contributed by atoms with Crippen LogP contribution in [0.5, 0.6) is 0 Å². The summed E-state index contributed by atoms with van der Waals surface area (Å²) in [5.41, 5.74) is 2.48. The second-order valence-corrected chi connectivity index (χ2v) is 7.13. The topological polar surface area (TPSA) is 85.1 Å². The summed E-state index contributed by atoms with van der Waals surface area (Å²) in [6, 6.07) is 3.52. The normalized spacial score (nSPS) is 14.1. The molecule has 2 unspecified atom stereocenters. The number of hydrogen-bond acceptors (Lipinski definition) is 6. The zero-order valence-corrected chi connectivity index (χ0v) is 12.8. The van der Waals surface area contributed by atoms with E-state index in [9.17, 15) is 14.3 Å². The van der Waals surface area contributed by atoms with Crippen molar-refractivity contribution in [3.05, 3.63) is 27.8 Å². The van der Waals surface area contributed by atoms with Crippen LogP contribution in [0.25, 0.3) is 10.2 Å². The average Bonchev–Trinajstić information content (AvgIpc) is 2.85. The van der Waals surface area contributed by atoms with E-state index in [0.29, 0.717) is 24.2 Å². The Balaban J connectivity index is 2.19. The minimum Gasteiger partial charge on any atom is -0.379 e. The maximum Gasteiger partial charge on any atom is 0.319 e. The molecule has 0 aliphatic carbocycles. The third-order valence-electron chi connectivity index (χ3n) is 3.09. The first-order chi connectivity index (χ1) is 9.50. The summed E-state index contributed by atoms with van der Waals surface area (Å²) in [5, 5.41) is 14.3. The Morgan fingerprint density at radius 1 is 1.55 bits per heavy atom. The van der Waals surface area contributed by atoms with Crippen molar-refractivity contribution in [2.45, 2.75) is 18.6 Å². The molecule has 1 aromatic carbocycles. The number of hydrogen-bond donors (Lipinski definition) is 1. The van der Waals surface area contributed by atoms with Gasteiger partial charge in [-0.25, -0.2) is 4.98 Å². The summed E-state index contributed by atoms with van der Waals surface area (Å²) in [6.45, 7) is 2.44. The molecule has 1 heterocycles. The summed E-state index contributed by atoms with van der Waals surface area (Å²) in [7, 11) is -0.883. The molecule has 1 aromatic heterocycles. The first-order valence-electron chi connectivity index (χ1n) is 6.07. The van der Waals surface area contributed by atoms with Crippen LogP contribution >= 0.6 is 11.3 Å². The van der Waals surface area contributed by atoms with Gasteiger partial charge in [-0.1, -0.05) is 6.92 Å². The van der Waals surface area contributed by atoms with Gasteiger partial charge >= 0.3 is 5.69 Å². The second-order valence-electron chi connectivity index (χ2n) is 4.44. The lowest BCUT2D eigenvalue weighted by Gasteiger charge is -2.10. The van der Waals surface area contributed by atoms with Crippen molar-refractivity contribution >= 4 is 43.7 Å². The van der Waals surface area contributed by atoms with Gasteiger partial charge < -0.3 is 5.32 Å². The fraction of sp³-hybridized carbons (Fsp3) is 0.417. The number of nitrogens with one attached hydrogen (secondary N) is 1. The predicted molar refractivity (Wildman–Crippen MR) is 82.9 cm³/mol. The van der Waals surface area contributed by atoms with Gasteiger partial charge in [-0.2, -0.15) is 0 Å². The molecule has 108 valence electrons. The van der Waals surface area contributed by atoms with E-state index < -0.39 is 15.7 Å². The highest BCUT2D eigenvalue weighted by atomic mass is 32.2. The standard InChI is InChI=1S/C12H15N3O3S2/c1-8(20(2)18)5-6-13-9-3-4-10-11(14-7-19-10)12(9)15(16)17/h3-4,7-8,13H,5-6H2,1-2H3. The monoisotopic (exact) mass is 313 g/mol. The minimum atomic E-state index is -0.883. The Morgan fingerprint density at radius 3 is 2.95 bits per heavy atom. The van der Waals surface area contributed by atoms with Crippen molar-refractivity contribution in [2.24, 2.45) is 0 Å². The van der Waals surface area contributed by atoms with Crippen LogP contribution < -0.4 is 5.32 Å². The Hall–Kier alpha value is -1.54. The molecule has 8 heteroatoms. The van der Waals surface area contributed by atoms with Crippen molar-refractivity contribution in [2.75, 3.05) is 18.1 Å². The van der Waals surface area contributed by atoms with Gasteiger partial charge in [0.2, 0.25) is 0 Å². The predicted octanol–water partition coefficient (Wildman–Crippen LogP) is 2.77. The van der Waals surface area contributed by atoms with Crippen LogP contribution in [0.3, 0.4) is 0 Å². The highest BCUT2D eigenvalue weighted by Crippen LogP contribution is 2.34. The van der Waals surface area contributed by atoms with Crippen molar-refractivity contribution in [3.8, 4) is 0 Å². The van der Waals surface area contributed by atoms with E-state index in [1.807, 2.05) is 13.0 Å². The highest BCUT2D eigenvalue weighted by molar-refractivity contribution is 7.84. The molecule has 0 amide bonds. The number of nitro groups is 1. The Morgan fingerprint density at radius 2 is 2.30 bits per heavy atom. The second kappa shape index (κ2) is 6.27. The van der Waals surface area contributed by atoms with Gasteiger partial charge in [-0.15, -0.1) is 11.3 Å². The molecule has 0 fully saturated rings. The zero-order chi connectivity index (χ0) is 14.7. The van der Waals surface area contributed by atoms with E-state index in [0.717, 1.165) is 4.70 Å². The SMILES string of the molecule is CC(CCNc1ccc2scnc2c1[N+](=O)[O-])S(C)=O. The fourth-order valence-electron chi connectivity index (χ4n) is 1.82. The molecule has 0 aliphatic rings. The lowest BCUT2D eigenvalue weighted by atomic mass is 10.2. The van der Waals surface area contributed by atoms with Crippen molar-refractivity contribution in [3.63, 3.8) is 0 Å². The number of anilines is 1. The maximum atomic E-state index is 11.3. The smallest absolute Gasteiger partial charge is 0.319 e. The van der Waals surface area contributed by atoms with E-state index in [-0.39, 0.29) is 10.9 Å². The molecule has 0 saturated heterocycles.